The molecule has 11 aliphatic rings. The maximum absolute atomic E-state index is 13.6. The van der Waals surface area contributed by atoms with E-state index in [-0.39, 0.29) is 0 Å². The minimum atomic E-state index is -3.38. The number of ether oxygens (including phenoxy) is 21. The third-order valence-corrected chi connectivity index (χ3v) is 25.6. The Labute approximate surface area is 790 Å². The van der Waals surface area contributed by atoms with Gasteiger partial charge in [0.1, 0.15) is 263 Å². The second-order valence-electron chi connectivity index (χ2n) is 35.3. The van der Waals surface area contributed by atoms with Crippen LogP contribution < -0.4 is 21.3 Å². The molecule has 0 aromatic rings. The Bertz CT molecular complexity index is 3890. The zero-order valence-corrected chi connectivity index (χ0v) is 74.6. The standard InChI is InChI=1S/C77H128N4O59/c1-17-37(95)48(106)53(111)69(124-17)122-15-31-60(46(104)34(66(117)125-31)78-18(2)89)134-67-35(79-19(3)90)47(105)59(27(11-87)130-67)135-74-58(116)64(45(103)29(133-74)14-121-71-57(115)63(137-73-56(114)51(109)41(99)25(9-85)128-73)44(102)28(132-71)13-120-70-54(112)49(107)39(97)23(7-83)126-70)138-75-65(52(110)42(100)26(10-86)129-75)139-68-36(80-20(4)91)61(136-72-55(113)50(108)40(98)24(8-84)127-72)43(101)30(131-68)16-123-77(76(118)119)5-21(92)33(81-32(94)12-88)62(140-77)38(96)22(93)6-82/h17,21-31,33-75,82-88,92-93,95-117H,5-16H2,1-4H3,(H,78,89)(H,79,90)(H,80,91)(H,81,94)(H,118,119)/t17-,21-,22+,23+,24+,25+,26+,27+,28+,29+,30+,31+,33+,34+,35+,36+,37+,38+,39+,40-,41+,42+,43+,44+,45+,46+,47+,48+,49-,50-,51-,52-,53-,54-,55+,56-,57-,58-,59+,60+,61+,62+,63-,64-,65-,66+,67-,68-,69+,70-,71-,72-,73+,74-,75+,77+/m0/s1. The molecule has 0 aliphatic carbocycles. The SMILES string of the molecule is CC(=O)N[C@@H]1[C@@H](O)[C@H](O[C@@H]2O[C@H](CO)[C@@H](O[C@@H]3O[C@H](CO[C@H]4O[C@H](CO[C@H]5O[C@H](CO)[C@@H](O)[C@H](O)[C@@H]5O)[C@@H](O)[C@H](O[C@H]5O[C@H](CO)[C@@H](O)[C@H](O)[C@@H]5O)[C@@H]4O)[C@@H](O)[C@H](O[C@H]4O[C@H](CO)[C@@H](O)[C@H](O)[C@@H]4O[C@@H]4O[C@H](CO[C@]5(C(=O)O)C[C@H](O)[C@@H](NC(=O)CO)[C@H]([C@H](O)[C@H](O)CO)O5)[C@@H](O)[C@H](O[C@@H]5O[C@H](CO)[C@H](O)[C@H](O)[C@H]5O)[C@H]4NC(C)=O)[C@@H]3O)[C@H](O)[C@H]2NC(C)=O)[C@@H](CO[C@@H]2O[C@@H](C)[C@@H](O)[C@@H](O)[C@@H]2O)O[C@H]1O. The van der Waals surface area contributed by atoms with Gasteiger partial charge in [0, 0.05) is 27.2 Å². The van der Waals surface area contributed by atoms with Crippen LogP contribution in [-0.4, -0.2) is 614 Å². The maximum Gasteiger partial charge on any atom is 0.364 e. The van der Waals surface area contributed by atoms with Crippen LogP contribution in [0.15, 0.2) is 0 Å². The topological polar surface area (TPSA) is 995 Å². The van der Waals surface area contributed by atoms with Gasteiger partial charge in [-0.1, -0.05) is 0 Å². The quantitative estimate of drug-likeness (QED) is 0.0273. The van der Waals surface area contributed by atoms with Gasteiger partial charge in [0.15, 0.2) is 62.9 Å². The van der Waals surface area contributed by atoms with E-state index in [1.165, 1.54) is 6.92 Å². The Hall–Kier alpha value is -4.77. The molecule has 11 fully saturated rings. The van der Waals surface area contributed by atoms with Crippen molar-refractivity contribution in [2.75, 3.05) is 72.7 Å². The van der Waals surface area contributed by atoms with Crippen LogP contribution in [0.3, 0.4) is 0 Å². The van der Waals surface area contributed by atoms with E-state index in [9.17, 15) is 192 Å². The lowest BCUT2D eigenvalue weighted by molar-refractivity contribution is -0.399. The van der Waals surface area contributed by atoms with E-state index in [1.807, 2.05) is 0 Å². The summed E-state index contributed by atoms with van der Waals surface area (Å²) in [6.07, 6.45) is -115. The summed E-state index contributed by atoms with van der Waals surface area (Å²) < 4.78 is 125. The van der Waals surface area contributed by atoms with E-state index >= 15 is 0 Å². The van der Waals surface area contributed by atoms with Crippen LogP contribution in [0.2, 0.25) is 0 Å². The molecule has 37 N–H and O–H groups in total. The van der Waals surface area contributed by atoms with Crippen LogP contribution in [0.1, 0.15) is 34.1 Å². The minimum Gasteiger partial charge on any atom is -0.477 e. The third kappa shape index (κ3) is 25.5. The molecular formula is C77H128N4O59. The van der Waals surface area contributed by atoms with Gasteiger partial charge in [-0.3, -0.25) is 19.2 Å². The highest BCUT2D eigenvalue weighted by atomic mass is 16.8. The number of nitrogens with one attached hydrogen (secondary N) is 4. The first-order valence-corrected chi connectivity index (χ1v) is 44.3. The van der Waals surface area contributed by atoms with E-state index in [0.29, 0.717) is 0 Å². The number of carboxylic acid groups (broad SMARTS) is 1. The van der Waals surface area contributed by atoms with Crippen molar-refractivity contribution in [3.8, 4) is 0 Å². The van der Waals surface area contributed by atoms with Crippen LogP contribution in [0.4, 0.5) is 0 Å². The zero-order chi connectivity index (χ0) is 103. The Kier molecular flexibility index (Phi) is 41.3. The highest BCUT2D eigenvalue weighted by molar-refractivity contribution is 5.78. The summed E-state index contributed by atoms with van der Waals surface area (Å²) in [5, 5.41) is 378. The Morgan fingerprint density at radius 2 is 0.671 bits per heavy atom. The summed E-state index contributed by atoms with van der Waals surface area (Å²) in [5.74, 6) is -9.99. The summed E-state index contributed by atoms with van der Waals surface area (Å²) >= 11 is 0. The molecule has 11 saturated heterocycles. The number of hydrogen-bond acceptors (Lipinski definition) is 58. The van der Waals surface area contributed by atoms with Crippen molar-refractivity contribution in [1.29, 1.82) is 0 Å². The van der Waals surface area contributed by atoms with E-state index < -0.39 is 452 Å². The molecule has 11 heterocycles. The number of hydrogen-bond donors (Lipinski definition) is 37. The number of aliphatic carboxylic acids is 1. The molecule has 0 unspecified atom stereocenters. The van der Waals surface area contributed by atoms with Crippen molar-refractivity contribution in [2.24, 2.45) is 0 Å². The fourth-order valence-electron chi connectivity index (χ4n) is 17.8. The minimum absolute atomic E-state index is 0.802. The first kappa shape index (κ1) is 116. The molecule has 11 aliphatic heterocycles. The van der Waals surface area contributed by atoms with E-state index in [4.69, 9.17) is 99.5 Å². The molecule has 63 nitrogen and oxygen atoms in total. The molecule has 63 heteroatoms. The number of amides is 4. The molecule has 11 rings (SSSR count). The molecule has 140 heavy (non-hydrogen) atoms. The molecule has 4 amide bonds. The van der Waals surface area contributed by atoms with Crippen LogP contribution >= 0.6 is 0 Å². The zero-order valence-electron chi connectivity index (χ0n) is 74.6. The number of aliphatic hydroxyl groups is 32. The second-order valence-corrected chi connectivity index (χ2v) is 35.3. The van der Waals surface area contributed by atoms with Crippen molar-refractivity contribution in [3.63, 3.8) is 0 Å². The van der Waals surface area contributed by atoms with Gasteiger partial charge in [0.2, 0.25) is 23.6 Å². The Balaban J connectivity index is 0.974. The lowest BCUT2D eigenvalue weighted by Gasteiger charge is -2.51. The highest BCUT2D eigenvalue weighted by Gasteiger charge is 2.64. The summed E-state index contributed by atoms with van der Waals surface area (Å²) in [6.45, 7) is -9.49. The van der Waals surface area contributed by atoms with Crippen molar-refractivity contribution in [3.05, 3.63) is 0 Å². The van der Waals surface area contributed by atoms with Crippen molar-refractivity contribution in [2.45, 2.75) is 377 Å². The number of carbonyl (C=O) groups excluding carboxylic acids is 4. The third-order valence-electron chi connectivity index (χ3n) is 25.6. The molecule has 0 bridgehead atoms. The first-order chi connectivity index (χ1) is 66.0. The fourth-order valence-corrected chi connectivity index (χ4v) is 17.8. The molecular weight excluding hydrogens is 1920 g/mol. The Morgan fingerprint density at radius 3 is 1.17 bits per heavy atom. The van der Waals surface area contributed by atoms with Gasteiger partial charge < -0.3 is 289 Å². The van der Waals surface area contributed by atoms with E-state index in [2.05, 4.69) is 21.3 Å². The van der Waals surface area contributed by atoms with Gasteiger partial charge in [-0.25, -0.2) is 4.79 Å². The predicted octanol–water partition coefficient (Wildman–Crippen LogP) is -25.2. The molecule has 0 saturated carbocycles. The van der Waals surface area contributed by atoms with Crippen LogP contribution in [-0.2, 0) is 123 Å². The molecule has 0 aromatic heterocycles. The summed E-state index contributed by atoms with van der Waals surface area (Å²) in [7, 11) is 0. The van der Waals surface area contributed by atoms with Gasteiger partial charge in [0.05, 0.1) is 84.3 Å². The summed E-state index contributed by atoms with van der Waals surface area (Å²) in [6, 6.07) is -8.19. The maximum atomic E-state index is 13.6. The van der Waals surface area contributed by atoms with Gasteiger partial charge in [0.25, 0.3) is 5.79 Å². The average Bonchev–Trinajstić information content (AvgIpc) is 0.759. The lowest BCUT2D eigenvalue weighted by atomic mass is 9.88. The number of carbonyl (C=O) groups is 5. The Morgan fingerprint density at radius 1 is 0.321 bits per heavy atom. The monoisotopic (exact) mass is 2050 g/mol. The largest absolute Gasteiger partial charge is 0.477 e. The van der Waals surface area contributed by atoms with Crippen molar-refractivity contribution in [1.82, 2.24) is 21.3 Å². The fraction of sp³-hybridized carbons (Fsp3) is 0.935. The predicted molar refractivity (Wildman–Crippen MR) is 426 cm³/mol. The number of rotatable bonds is 38. The average molecular weight is 2050 g/mol. The smallest absolute Gasteiger partial charge is 0.364 e. The van der Waals surface area contributed by atoms with Crippen LogP contribution in [0.25, 0.3) is 0 Å². The number of aliphatic hydroxyl groups excluding tert-OH is 32. The summed E-state index contributed by atoms with van der Waals surface area (Å²) in [4.78, 5) is 65.7. The summed E-state index contributed by atoms with van der Waals surface area (Å²) in [5.41, 5.74) is 0. The second kappa shape index (κ2) is 50.0. The van der Waals surface area contributed by atoms with Gasteiger partial charge >= 0.3 is 5.97 Å². The first-order valence-electron chi connectivity index (χ1n) is 44.3. The molecule has 810 valence electrons. The highest BCUT2D eigenvalue weighted by Crippen LogP contribution is 2.43. The molecule has 56 atom stereocenters. The molecule has 0 spiro atoms. The molecule has 0 aromatic carbocycles. The molecule has 0 radical (unpaired) electrons. The van der Waals surface area contributed by atoms with Gasteiger partial charge in [-0.15, -0.1) is 0 Å². The van der Waals surface area contributed by atoms with Crippen molar-refractivity contribution < 1.29 is 292 Å². The van der Waals surface area contributed by atoms with Gasteiger partial charge in [-0.2, -0.15) is 0 Å². The van der Waals surface area contributed by atoms with Gasteiger partial charge in [-0.05, 0) is 6.92 Å². The number of carboxylic acids is 1. The van der Waals surface area contributed by atoms with Crippen LogP contribution in [0, 0.1) is 0 Å². The normalized spacial score (nSPS) is 48.6. The van der Waals surface area contributed by atoms with E-state index in [1.54, 1.807) is 0 Å². The van der Waals surface area contributed by atoms with Crippen molar-refractivity contribution >= 4 is 29.6 Å². The van der Waals surface area contributed by atoms with Crippen LogP contribution in [0.5, 0.6) is 0 Å². The lowest BCUT2D eigenvalue weighted by Crippen LogP contribution is -2.71. The van der Waals surface area contributed by atoms with E-state index in [0.717, 1.165) is 20.8 Å².